The van der Waals surface area contributed by atoms with E-state index in [1.807, 2.05) is 36.4 Å². The lowest BCUT2D eigenvalue weighted by molar-refractivity contribution is -0.210. The van der Waals surface area contributed by atoms with E-state index in [4.69, 9.17) is 19.7 Å². The largest absolute Gasteiger partial charge is 0.494 e. The standard InChI is InChI=1S/C22H30N2O3/c1-4-5-6-7-8-9-14-27-19-12-10-17(11-13-19)18-15-20(25-2)22(24-23)21(16-18)26-3/h10-13,15-16,23H,4-9,14H2,1-3H3/p+1. The number of benzene rings is 2. The summed E-state index contributed by atoms with van der Waals surface area (Å²) in [7, 11) is 3.18. The maximum Gasteiger partial charge on any atom is 0.213 e. The molecule has 0 unspecified atom stereocenters. The summed E-state index contributed by atoms with van der Waals surface area (Å²) in [6, 6.07) is 11.9. The highest BCUT2D eigenvalue weighted by atomic mass is 16.5. The summed E-state index contributed by atoms with van der Waals surface area (Å²) >= 11 is 0. The first-order chi connectivity index (χ1) is 13.2. The van der Waals surface area contributed by atoms with Crippen LogP contribution in [-0.2, 0) is 0 Å². The fourth-order valence-electron chi connectivity index (χ4n) is 3.00. The fourth-order valence-corrected chi connectivity index (χ4v) is 3.00. The smallest absolute Gasteiger partial charge is 0.213 e. The minimum atomic E-state index is 0.502. The van der Waals surface area contributed by atoms with Gasteiger partial charge in [0.25, 0.3) is 0 Å². The third-order valence-electron chi connectivity index (χ3n) is 4.56. The maximum absolute atomic E-state index is 5.85. The van der Waals surface area contributed by atoms with Crippen LogP contribution in [0.1, 0.15) is 45.4 Å². The SMILES string of the molecule is CCCCCCCCOc1ccc(-c2cc(OC)c(N=[NH2+])c(OC)c2)cc1. The molecule has 0 aliphatic carbocycles. The van der Waals surface area contributed by atoms with Crippen molar-refractivity contribution in [2.75, 3.05) is 20.8 Å². The van der Waals surface area contributed by atoms with Gasteiger partial charge in [0.05, 0.1) is 20.8 Å². The number of ether oxygens (including phenoxy) is 3. The molecule has 0 radical (unpaired) electrons. The number of hydrogen-bond acceptors (Lipinski definition) is 4. The Morgan fingerprint density at radius 1 is 0.815 bits per heavy atom. The van der Waals surface area contributed by atoms with Gasteiger partial charge in [0.1, 0.15) is 5.75 Å². The van der Waals surface area contributed by atoms with Gasteiger partial charge in [0.15, 0.2) is 11.5 Å². The molecule has 0 saturated heterocycles. The summed E-state index contributed by atoms with van der Waals surface area (Å²) in [6.45, 7) is 3.00. The van der Waals surface area contributed by atoms with Gasteiger partial charge in [-0.3, -0.25) is 0 Å². The summed E-state index contributed by atoms with van der Waals surface area (Å²) in [6.07, 6.45) is 7.57. The van der Waals surface area contributed by atoms with E-state index in [2.05, 4.69) is 12.0 Å². The molecule has 2 aromatic carbocycles. The predicted octanol–water partition coefficient (Wildman–Crippen LogP) is 4.95. The highest BCUT2D eigenvalue weighted by Crippen LogP contribution is 2.40. The van der Waals surface area contributed by atoms with Gasteiger partial charge < -0.3 is 14.2 Å². The van der Waals surface area contributed by atoms with Gasteiger partial charge in [-0.25, -0.2) is 0 Å². The van der Waals surface area contributed by atoms with E-state index in [0.29, 0.717) is 17.2 Å². The van der Waals surface area contributed by atoms with E-state index in [1.165, 1.54) is 32.1 Å². The second-order valence-corrected chi connectivity index (χ2v) is 6.50. The van der Waals surface area contributed by atoms with Crippen LogP contribution in [0.5, 0.6) is 17.2 Å². The van der Waals surface area contributed by atoms with Gasteiger partial charge in [-0.2, -0.15) is 5.53 Å². The van der Waals surface area contributed by atoms with Crippen LogP contribution < -0.4 is 19.7 Å². The van der Waals surface area contributed by atoms with Gasteiger partial charge in [0.2, 0.25) is 5.69 Å². The molecule has 2 rings (SSSR count). The van der Waals surface area contributed by atoms with Crippen molar-refractivity contribution < 1.29 is 19.7 Å². The number of unbranched alkanes of at least 4 members (excludes halogenated alkanes) is 5. The third-order valence-corrected chi connectivity index (χ3v) is 4.56. The van der Waals surface area contributed by atoms with E-state index < -0.39 is 0 Å². The van der Waals surface area contributed by atoms with Crippen LogP contribution in [0.15, 0.2) is 41.5 Å². The second kappa shape index (κ2) is 11.2. The number of methoxy groups -OCH3 is 2. The van der Waals surface area contributed by atoms with Crippen molar-refractivity contribution in [2.45, 2.75) is 45.4 Å². The normalized spacial score (nSPS) is 10.5. The van der Waals surface area contributed by atoms with Crippen LogP contribution in [0.25, 0.3) is 11.1 Å². The average Bonchev–Trinajstić information content (AvgIpc) is 2.72. The van der Waals surface area contributed by atoms with Gasteiger partial charge >= 0.3 is 0 Å². The molecule has 0 bridgehead atoms. The Hall–Kier alpha value is -2.56. The van der Waals surface area contributed by atoms with Crippen LogP contribution >= 0.6 is 0 Å². The molecule has 0 atom stereocenters. The molecular weight excluding hydrogens is 340 g/mol. The number of nitrogens with zero attached hydrogens (tertiary/aromatic N) is 1. The van der Waals surface area contributed by atoms with Crippen LogP contribution in [0, 0.1) is 0 Å². The van der Waals surface area contributed by atoms with Crippen molar-refractivity contribution in [2.24, 2.45) is 5.11 Å². The quantitative estimate of drug-likeness (QED) is 0.424. The monoisotopic (exact) mass is 371 g/mol. The van der Waals surface area contributed by atoms with Crippen LogP contribution in [0.2, 0.25) is 0 Å². The van der Waals surface area contributed by atoms with E-state index >= 15 is 0 Å². The Morgan fingerprint density at radius 2 is 1.41 bits per heavy atom. The first-order valence-electron chi connectivity index (χ1n) is 9.63. The molecule has 27 heavy (non-hydrogen) atoms. The number of nitrogens with two attached hydrogens (primary N) is 1. The second-order valence-electron chi connectivity index (χ2n) is 6.50. The molecule has 0 aliphatic rings. The molecular formula is C22H31N2O3+. The fraction of sp³-hybridized carbons (Fsp3) is 0.455. The lowest BCUT2D eigenvalue weighted by Gasteiger charge is -2.11. The highest BCUT2D eigenvalue weighted by Gasteiger charge is 2.15. The van der Waals surface area contributed by atoms with Crippen LogP contribution in [0.4, 0.5) is 5.69 Å². The van der Waals surface area contributed by atoms with Crippen molar-refractivity contribution in [3.05, 3.63) is 36.4 Å². The molecule has 0 fully saturated rings. The van der Waals surface area contributed by atoms with Crippen LogP contribution in [-0.4, -0.2) is 20.8 Å². The van der Waals surface area contributed by atoms with E-state index in [1.54, 1.807) is 14.2 Å². The number of rotatable bonds is 12. The molecule has 5 heteroatoms. The van der Waals surface area contributed by atoms with E-state index in [9.17, 15) is 0 Å². The van der Waals surface area contributed by atoms with Gasteiger partial charge in [-0.1, -0.05) is 51.2 Å². The minimum Gasteiger partial charge on any atom is -0.494 e. The summed E-state index contributed by atoms with van der Waals surface area (Å²) in [5, 5.41) is 3.76. The van der Waals surface area contributed by atoms with Gasteiger partial charge in [-0.05, 0) is 46.9 Å². The lowest BCUT2D eigenvalue weighted by Crippen LogP contribution is -2.22. The Labute approximate surface area is 162 Å². The predicted molar refractivity (Wildman–Crippen MR) is 108 cm³/mol. The highest BCUT2D eigenvalue weighted by molar-refractivity contribution is 5.74. The first-order valence-corrected chi connectivity index (χ1v) is 9.63. The first kappa shape index (κ1) is 20.7. The van der Waals surface area contributed by atoms with Crippen molar-refractivity contribution in [3.8, 4) is 28.4 Å². The third kappa shape index (κ3) is 5.98. The molecule has 5 nitrogen and oxygen atoms in total. The molecule has 0 amide bonds. The van der Waals surface area contributed by atoms with Crippen molar-refractivity contribution in [1.82, 2.24) is 0 Å². The lowest BCUT2D eigenvalue weighted by atomic mass is 10.0. The summed E-state index contributed by atoms with van der Waals surface area (Å²) in [4.78, 5) is 0. The molecule has 0 heterocycles. The summed E-state index contributed by atoms with van der Waals surface area (Å²) < 4.78 is 16.6. The number of hydrogen-bond donors (Lipinski definition) is 1. The zero-order valence-electron chi connectivity index (χ0n) is 16.7. The van der Waals surface area contributed by atoms with Crippen LogP contribution in [0.3, 0.4) is 0 Å². The zero-order chi connectivity index (χ0) is 19.5. The van der Waals surface area contributed by atoms with Gasteiger partial charge in [0, 0.05) is 0 Å². The van der Waals surface area contributed by atoms with E-state index in [-0.39, 0.29) is 0 Å². The Kier molecular flexibility index (Phi) is 8.62. The van der Waals surface area contributed by atoms with E-state index in [0.717, 1.165) is 29.9 Å². The Balaban J connectivity index is 1.97. The maximum atomic E-state index is 5.85. The molecule has 0 spiro atoms. The average molecular weight is 372 g/mol. The zero-order valence-corrected chi connectivity index (χ0v) is 16.7. The summed E-state index contributed by atoms with van der Waals surface area (Å²) in [5.74, 6) is 2.05. The topological polar surface area (TPSA) is 65.6 Å². The summed E-state index contributed by atoms with van der Waals surface area (Å²) in [5.41, 5.74) is 7.97. The minimum absolute atomic E-state index is 0.502. The van der Waals surface area contributed by atoms with Gasteiger partial charge in [-0.15, -0.1) is 0 Å². The Morgan fingerprint density at radius 3 is 1.96 bits per heavy atom. The Bertz CT molecular complexity index is 689. The molecule has 146 valence electrons. The van der Waals surface area contributed by atoms with Crippen molar-refractivity contribution in [1.29, 1.82) is 0 Å². The van der Waals surface area contributed by atoms with Crippen molar-refractivity contribution >= 4 is 5.69 Å². The molecule has 2 aromatic rings. The molecule has 0 aliphatic heterocycles. The molecule has 2 N–H and O–H groups in total. The molecule has 0 aromatic heterocycles. The molecule has 0 saturated carbocycles. The van der Waals surface area contributed by atoms with Crippen molar-refractivity contribution in [3.63, 3.8) is 0 Å².